The van der Waals surface area contributed by atoms with Crippen molar-refractivity contribution in [2.75, 3.05) is 6.61 Å². The van der Waals surface area contributed by atoms with Gasteiger partial charge in [0.05, 0.1) is 0 Å². The number of nitrogens with two attached hydrogens (primary N) is 1. The summed E-state index contributed by atoms with van der Waals surface area (Å²) in [6.45, 7) is 6.77. The van der Waals surface area contributed by atoms with Crippen molar-refractivity contribution >= 4 is 22.9 Å². The van der Waals surface area contributed by atoms with E-state index < -0.39 is 6.09 Å². The van der Waals surface area contributed by atoms with Crippen LogP contribution in [0.4, 0.5) is 4.79 Å². The molecule has 66 valence electrons. The maximum atomic E-state index is 10.2. The van der Waals surface area contributed by atoms with Gasteiger partial charge >= 0.3 is 75.7 Å². The normalized spacial score (nSPS) is 14.2. The number of ether oxygens (including phenoxy) is 1. The average molecular weight is 221 g/mol. The first-order chi connectivity index (χ1) is 4.84. The van der Waals surface area contributed by atoms with Crippen molar-refractivity contribution < 1.29 is 9.53 Å². The Labute approximate surface area is 76.2 Å². The Bertz CT molecular complexity index is 142. The van der Waals surface area contributed by atoms with Crippen LogP contribution in [0.2, 0.25) is 4.71 Å². The van der Waals surface area contributed by atoms with Crippen molar-refractivity contribution in [3.63, 3.8) is 0 Å². The van der Waals surface area contributed by atoms with Gasteiger partial charge in [-0.2, -0.15) is 0 Å². The molecular weight excluding hydrogens is 205 g/mol. The first-order valence-corrected chi connectivity index (χ1v) is 4.91. The summed E-state index contributed by atoms with van der Waals surface area (Å²) >= 11 is 1.58. The molecule has 0 fully saturated rings. The van der Waals surface area contributed by atoms with Crippen LogP contribution in [-0.2, 0) is 4.74 Å². The molecule has 2 N–H and O–H groups in total. The molecule has 1 amide bonds. The molecule has 11 heavy (non-hydrogen) atoms. The second kappa shape index (κ2) is 4.01. The van der Waals surface area contributed by atoms with Crippen molar-refractivity contribution in [2.24, 2.45) is 11.1 Å². The molecule has 0 bridgehead atoms. The van der Waals surface area contributed by atoms with Gasteiger partial charge < -0.3 is 0 Å². The van der Waals surface area contributed by atoms with Crippen molar-refractivity contribution in [3.05, 3.63) is 0 Å². The SMILES string of the molecule is CC(C)(C)C([AsH2])COC(N)=O. The molecule has 0 aromatic rings. The molecule has 2 atom stereocenters. The summed E-state index contributed by atoms with van der Waals surface area (Å²) in [5, 5.41) is 0. The van der Waals surface area contributed by atoms with Crippen LogP contribution in [0.5, 0.6) is 0 Å². The summed E-state index contributed by atoms with van der Waals surface area (Å²) < 4.78 is 5.08. The van der Waals surface area contributed by atoms with E-state index in [2.05, 4.69) is 25.5 Å². The third kappa shape index (κ3) is 5.14. The third-order valence-corrected chi connectivity index (χ3v) is 4.02. The second-order valence-corrected chi connectivity index (χ2v) is 5.29. The minimum absolute atomic E-state index is 0.190. The van der Waals surface area contributed by atoms with Crippen LogP contribution in [-0.4, -0.2) is 29.6 Å². The number of carbonyl (C=O) groups excluding carboxylic acids is 1. The van der Waals surface area contributed by atoms with E-state index in [4.69, 9.17) is 5.73 Å². The van der Waals surface area contributed by atoms with Gasteiger partial charge in [-0.05, 0) is 0 Å². The molecule has 0 aromatic heterocycles. The van der Waals surface area contributed by atoms with Crippen LogP contribution < -0.4 is 5.73 Å². The Kier molecular flexibility index (Phi) is 3.94. The zero-order valence-corrected chi connectivity index (χ0v) is 9.68. The molecule has 0 rings (SSSR count). The van der Waals surface area contributed by atoms with Gasteiger partial charge in [-0.1, -0.05) is 0 Å². The number of hydrogen-bond donors (Lipinski definition) is 1. The number of primary amides is 1. The van der Waals surface area contributed by atoms with E-state index in [9.17, 15) is 4.79 Å². The van der Waals surface area contributed by atoms with E-state index >= 15 is 0 Å². The molecule has 0 radical (unpaired) electrons. The van der Waals surface area contributed by atoms with Crippen LogP contribution in [0.15, 0.2) is 0 Å². The standard InChI is InChI=1S/C7H16AsNO2/c1-7(2,3)5(8)4-11-6(9)10/h5H,4,8H2,1-3H3,(H2,9,10). The van der Waals surface area contributed by atoms with E-state index in [0.29, 0.717) is 11.3 Å². The molecule has 0 saturated heterocycles. The van der Waals surface area contributed by atoms with E-state index in [0.717, 1.165) is 0 Å². The number of amides is 1. The fourth-order valence-electron chi connectivity index (χ4n) is 0.422. The van der Waals surface area contributed by atoms with E-state index in [-0.39, 0.29) is 5.41 Å². The van der Waals surface area contributed by atoms with Crippen molar-refractivity contribution in [3.8, 4) is 0 Å². The zero-order valence-electron chi connectivity index (χ0n) is 7.26. The Morgan fingerprint density at radius 2 is 2.09 bits per heavy atom. The molecule has 0 heterocycles. The zero-order chi connectivity index (χ0) is 9.07. The predicted molar refractivity (Wildman–Crippen MR) is 47.3 cm³/mol. The number of carbonyl (C=O) groups is 1. The Balaban J connectivity index is 3.70. The third-order valence-electron chi connectivity index (χ3n) is 1.52. The van der Waals surface area contributed by atoms with E-state index in [1.807, 2.05) is 0 Å². The fourth-order valence-corrected chi connectivity index (χ4v) is 0.624. The van der Waals surface area contributed by atoms with Gasteiger partial charge in [0, 0.05) is 0 Å². The molecular formula is C7H16AsNO2. The summed E-state index contributed by atoms with van der Waals surface area (Å²) in [6, 6.07) is 0. The fraction of sp³-hybridized carbons (Fsp3) is 0.857. The molecule has 3 nitrogen and oxygen atoms in total. The van der Waals surface area contributed by atoms with Crippen molar-refractivity contribution in [1.29, 1.82) is 0 Å². The number of hydrogen-bond acceptors (Lipinski definition) is 2. The van der Waals surface area contributed by atoms with Crippen molar-refractivity contribution in [1.82, 2.24) is 0 Å². The van der Waals surface area contributed by atoms with Crippen LogP contribution >= 0.6 is 0 Å². The van der Waals surface area contributed by atoms with Gasteiger partial charge in [0.15, 0.2) is 0 Å². The molecule has 0 spiro atoms. The molecule has 2 unspecified atom stereocenters. The van der Waals surface area contributed by atoms with Gasteiger partial charge in [-0.25, -0.2) is 0 Å². The molecule has 0 saturated carbocycles. The molecule has 4 heteroatoms. The summed E-state index contributed by atoms with van der Waals surface area (Å²) in [5.74, 6) is 0. The quantitative estimate of drug-likeness (QED) is 0.692. The Morgan fingerprint density at radius 1 is 1.64 bits per heavy atom. The van der Waals surface area contributed by atoms with Crippen LogP contribution in [0.1, 0.15) is 20.8 Å². The summed E-state index contributed by atoms with van der Waals surface area (Å²) in [4.78, 5) is 10.2. The monoisotopic (exact) mass is 221 g/mol. The maximum absolute atomic E-state index is 10.2. The van der Waals surface area contributed by atoms with Gasteiger partial charge in [0.2, 0.25) is 0 Å². The molecule has 0 aliphatic rings. The van der Waals surface area contributed by atoms with Gasteiger partial charge in [0.1, 0.15) is 0 Å². The van der Waals surface area contributed by atoms with Crippen LogP contribution in [0.25, 0.3) is 0 Å². The van der Waals surface area contributed by atoms with Crippen LogP contribution in [0.3, 0.4) is 0 Å². The summed E-state index contributed by atoms with van der Waals surface area (Å²) in [6.07, 6.45) is -0.683. The van der Waals surface area contributed by atoms with Crippen LogP contribution in [0, 0.1) is 5.41 Å². The number of rotatable bonds is 2. The van der Waals surface area contributed by atoms with E-state index in [1.54, 1.807) is 16.9 Å². The molecule has 0 aromatic carbocycles. The van der Waals surface area contributed by atoms with Gasteiger partial charge in [-0.15, -0.1) is 0 Å². The predicted octanol–water partition coefficient (Wildman–Crippen LogP) is 0.549. The summed E-state index contributed by atoms with van der Waals surface area (Å²) in [7, 11) is 0. The Hall–Kier alpha value is -0.172. The molecule has 0 aliphatic heterocycles. The van der Waals surface area contributed by atoms with Gasteiger partial charge in [0.25, 0.3) is 0 Å². The first kappa shape index (κ1) is 10.8. The summed E-state index contributed by atoms with van der Waals surface area (Å²) in [5.41, 5.74) is 5.02. The average Bonchev–Trinajstić information content (AvgIpc) is 1.80. The topological polar surface area (TPSA) is 52.3 Å². The van der Waals surface area contributed by atoms with Gasteiger partial charge in [-0.3, -0.25) is 0 Å². The molecule has 0 aliphatic carbocycles. The second-order valence-electron chi connectivity index (χ2n) is 3.60. The minimum atomic E-state index is -0.683. The first-order valence-electron chi connectivity index (χ1n) is 3.52. The van der Waals surface area contributed by atoms with Crippen molar-refractivity contribution in [2.45, 2.75) is 25.5 Å². The Morgan fingerprint density at radius 3 is 2.36 bits per heavy atom. The van der Waals surface area contributed by atoms with E-state index in [1.165, 1.54) is 0 Å².